The molecule has 3 aromatic rings. The second-order valence-electron chi connectivity index (χ2n) is 9.59. The number of hydrogen-bond acceptors (Lipinski definition) is 7. The minimum atomic E-state index is -0.460. The van der Waals surface area contributed by atoms with Gasteiger partial charge in [-0.25, -0.2) is 14.5 Å². The Bertz CT molecular complexity index is 1020. The van der Waals surface area contributed by atoms with E-state index in [-0.39, 0.29) is 6.01 Å². The van der Waals surface area contributed by atoms with Crippen molar-refractivity contribution in [3.8, 4) is 28.9 Å². The third kappa shape index (κ3) is 5.58. The molecule has 162 valence electrons. The van der Waals surface area contributed by atoms with Crippen molar-refractivity contribution in [2.45, 2.75) is 66.6 Å². The van der Waals surface area contributed by atoms with Crippen LogP contribution in [0.25, 0.3) is 16.9 Å². The van der Waals surface area contributed by atoms with Gasteiger partial charge in [0.2, 0.25) is 5.88 Å². The summed E-state index contributed by atoms with van der Waals surface area (Å²) >= 11 is 0. The van der Waals surface area contributed by atoms with Gasteiger partial charge in [-0.15, -0.1) is 0 Å². The van der Waals surface area contributed by atoms with Crippen LogP contribution in [0.1, 0.15) is 55.4 Å². The van der Waals surface area contributed by atoms with Crippen molar-refractivity contribution >= 4 is 5.65 Å². The van der Waals surface area contributed by atoms with Crippen LogP contribution >= 0.6 is 0 Å². The second-order valence-corrected chi connectivity index (χ2v) is 9.59. The molecule has 0 unspecified atom stereocenters. The van der Waals surface area contributed by atoms with Crippen LogP contribution in [-0.2, 0) is 0 Å². The number of rotatable bonds is 6. The van der Waals surface area contributed by atoms with Crippen LogP contribution in [0, 0.1) is 5.92 Å². The van der Waals surface area contributed by atoms with Gasteiger partial charge in [0.1, 0.15) is 16.9 Å². The smallest absolute Gasteiger partial charge is 0.320 e. The largest absolute Gasteiger partial charge is 0.489 e. The topological polar surface area (TPSA) is 83.7 Å². The first kappa shape index (κ1) is 21.8. The number of hydrogen-bond donors (Lipinski definition) is 0. The Morgan fingerprint density at radius 1 is 1.00 bits per heavy atom. The molecule has 3 aromatic heterocycles. The quantitative estimate of drug-likeness (QED) is 0.585. The lowest BCUT2D eigenvalue weighted by atomic mass is 10.1. The highest BCUT2D eigenvalue weighted by atomic mass is 16.5. The average molecular weight is 414 g/mol. The van der Waals surface area contributed by atoms with Crippen LogP contribution in [0.3, 0.4) is 0 Å². The minimum Gasteiger partial charge on any atom is -0.489 e. The van der Waals surface area contributed by atoms with E-state index in [2.05, 4.69) is 33.9 Å². The van der Waals surface area contributed by atoms with Crippen molar-refractivity contribution < 1.29 is 14.2 Å². The molecule has 30 heavy (non-hydrogen) atoms. The molecule has 8 heteroatoms. The van der Waals surface area contributed by atoms with Crippen molar-refractivity contribution in [3.05, 3.63) is 24.7 Å². The zero-order chi connectivity index (χ0) is 22.1. The molecular weight excluding hydrogens is 382 g/mol. The van der Waals surface area contributed by atoms with Crippen molar-refractivity contribution in [3.63, 3.8) is 0 Å². The summed E-state index contributed by atoms with van der Waals surface area (Å²) in [7, 11) is 0. The predicted octanol–water partition coefficient (Wildman–Crippen LogP) is 4.58. The molecule has 8 nitrogen and oxygen atoms in total. The molecular formula is C22H31N5O3. The van der Waals surface area contributed by atoms with Crippen LogP contribution in [0.4, 0.5) is 0 Å². The SMILES string of the molecule is CC(C)COc1cc(-c2cnc(OC(C)(C)C)nc2OC(C)(C)C)nn2ccnc12. The fraction of sp³-hybridized carbons (Fsp3) is 0.545. The second kappa shape index (κ2) is 8.08. The highest BCUT2D eigenvalue weighted by Gasteiger charge is 2.23. The molecule has 0 amide bonds. The molecule has 3 rings (SSSR count). The number of aromatic nitrogens is 5. The summed E-state index contributed by atoms with van der Waals surface area (Å²) in [5.74, 6) is 1.43. The summed E-state index contributed by atoms with van der Waals surface area (Å²) in [5.41, 5.74) is 1.05. The molecule has 0 atom stereocenters. The number of ether oxygens (including phenoxy) is 3. The summed E-state index contributed by atoms with van der Waals surface area (Å²) in [6.07, 6.45) is 5.15. The van der Waals surface area contributed by atoms with Crippen LogP contribution in [0.2, 0.25) is 0 Å². The van der Waals surface area contributed by atoms with Crippen LogP contribution in [-0.4, -0.2) is 42.4 Å². The lowest BCUT2D eigenvalue weighted by Gasteiger charge is -2.24. The van der Waals surface area contributed by atoms with Gasteiger partial charge < -0.3 is 14.2 Å². The third-order valence-corrected chi connectivity index (χ3v) is 3.71. The standard InChI is InChI=1S/C22H31N5O3/c1-14(2)13-28-17-11-16(26-27-10-9-23-18(17)27)15-12-24-20(30-22(6,7)8)25-19(15)29-21(3,4)5/h9-12,14H,13H2,1-8H3. The maximum absolute atomic E-state index is 6.14. The lowest BCUT2D eigenvalue weighted by Crippen LogP contribution is -2.26. The molecule has 0 aliphatic rings. The first-order valence-corrected chi connectivity index (χ1v) is 10.1. The van der Waals surface area contributed by atoms with Gasteiger partial charge in [0.25, 0.3) is 0 Å². The number of nitrogens with zero attached hydrogens (tertiary/aromatic N) is 5. The van der Waals surface area contributed by atoms with Crippen molar-refractivity contribution in [1.82, 2.24) is 24.6 Å². The highest BCUT2D eigenvalue weighted by Crippen LogP contribution is 2.33. The Morgan fingerprint density at radius 2 is 1.70 bits per heavy atom. The maximum atomic E-state index is 6.14. The Balaban J connectivity index is 2.10. The summed E-state index contributed by atoms with van der Waals surface area (Å²) in [6.45, 7) is 16.5. The summed E-state index contributed by atoms with van der Waals surface area (Å²) < 4.78 is 19.7. The van der Waals surface area contributed by atoms with Gasteiger partial charge in [0.15, 0.2) is 11.4 Å². The third-order valence-electron chi connectivity index (χ3n) is 3.71. The molecule has 0 bridgehead atoms. The Morgan fingerprint density at radius 3 is 2.33 bits per heavy atom. The molecule has 0 radical (unpaired) electrons. The molecule has 0 saturated heterocycles. The highest BCUT2D eigenvalue weighted by molar-refractivity contribution is 5.68. The van der Waals surface area contributed by atoms with E-state index in [1.807, 2.05) is 47.6 Å². The van der Waals surface area contributed by atoms with Crippen LogP contribution < -0.4 is 14.2 Å². The molecule has 3 heterocycles. The van der Waals surface area contributed by atoms with Gasteiger partial charge in [0, 0.05) is 24.7 Å². The fourth-order valence-corrected chi connectivity index (χ4v) is 2.60. The molecule has 0 fully saturated rings. The first-order valence-electron chi connectivity index (χ1n) is 10.1. The average Bonchev–Trinajstić information content (AvgIpc) is 3.05. The van der Waals surface area contributed by atoms with Gasteiger partial charge in [-0.1, -0.05) is 13.8 Å². The van der Waals surface area contributed by atoms with Crippen molar-refractivity contribution in [2.75, 3.05) is 6.61 Å². The van der Waals surface area contributed by atoms with Gasteiger partial charge in [-0.3, -0.25) is 0 Å². The monoisotopic (exact) mass is 413 g/mol. The molecule has 0 aliphatic heterocycles. The lowest BCUT2D eigenvalue weighted by molar-refractivity contribution is 0.103. The zero-order valence-electron chi connectivity index (χ0n) is 19.1. The van der Waals surface area contributed by atoms with Crippen molar-refractivity contribution in [2.24, 2.45) is 5.92 Å². The van der Waals surface area contributed by atoms with E-state index in [1.54, 1.807) is 23.1 Å². The minimum absolute atomic E-state index is 0.255. The van der Waals surface area contributed by atoms with E-state index >= 15 is 0 Å². The summed E-state index contributed by atoms with van der Waals surface area (Å²) in [4.78, 5) is 13.3. The first-order chi connectivity index (χ1) is 13.9. The van der Waals surface area contributed by atoms with Crippen LogP contribution in [0.15, 0.2) is 24.7 Å². The van der Waals surface area contributed by atoms with E-state index < -0.39 is 11.2 Å². The fourth-order valence-electron chi connectivity index (χ4n) is 2.60. The van der Waals surface area contributed by atoms with E-state index in [0.717, 1.165) is 0 Å². The van der Waals surface area contributed by atoms with Gasteiger partial charge in [-0.2, -0.15) is 10.1 Å². The molecule has 0 aromatic carbocycles. The van der Waals surface area contributed by atoms with E-state index in [0.29, 0.717) is 41.1 Å². The summed E-state index contributed by atoms with van der Waals surface area (Å²) in [5, 5.41) is 4.66. The van der Waals surface area contributed by atoms with Gasteiger partial charge in [-0.05, 0) is 47.5 Å². The maximum Gasteiger partial charge on any atom is 0.320 e. The molecule has 0 saturated carbocycles. The molecule has 0 N–H and O–H groups in total. The molecule has 0 aliphatic carbocycles. The molecule has 0 spiro atoms. The predicted molar refractivity (Wildman–Crippen MR) is 115 cm³/mol. The van der Waals surface area contributed by atoms with Crippen LogP contribution in [0.5, 0.6) is 17.6 Å². The van der Waals surface area contributed by atoms with E-state index in [1.165, 1.54) is 0 Å². The number of fused-ring (bicyclic) bond motifs is 1. The zero-order valence-corrected chi connectivity index (χ0v) is 19.1. The Labute approximate surface area is 177 Å². The summed E-state index contributed by atoms with van der Waals surface area (Å²) in [6, 6.07) is 2.11. The van der Waals surface area contributed by atoms with E-state index in [9.17, 15) is 0 Å². The van der Waals surface area contributed by atoms with Gasteiger partial charge in [0.05, 0.1) is 12.2 Å². The Hall–Kier alpha value is -2.90. The number of imidazole rings is 1. The van der Waals surface area contributed by atoms with Crippen molar-refractivity contribution in [1.29, 1.82) is 0 Å². The van der Waals surface area contributed by atoms with Gasteiger partial charge >= 0.3 is 6.01 Å². The Kier molecular flexibility index (Phi) is 5.87. The van der Waals surface area contributed by atoms with E-state index in [4.69, 9.17) is 14.2 Å². The normalized spacial score (nSPS) is 12.4.